The second kappa shape index (κ2) is 11.9. The van der Waals surface area contributed by atoms with E-state index in [4.69, 9.17) is 4.98 Å². The van der Waals surface area contributed by atoms with E-state index < -0.39 is 17.3 Å². The zero-order chi connectivity index (χ0) is 32.0. The fourth-order valence-electron chi connectivity index (χ4n) is 6.32. The number of hydrogen-bond donors (Lipinski definition) is 1. The summed E-state index contributed by atoms with van der Waals surface area (Å²) in [5.74, 6) is -1.38. The second-order valence-electron chi connectivity index (χ2n) is 11.9. The number of piperazine rings is 1. The number of carbonyl (C=O) groups is 1. The first-order valence-corrected chi connectivity index (χ1v) is 15.1. The van der Waals surface area contributed by atoms with Crippen LogP contribution >= 0.6 is 0 Å². The molecule has 0 unspecified atom stereocenters. The number of aromatic nitrogens is 4. The molecule has 6 rings (SSSR count). The molecular weight excluding hydrogens is 576 g/mol. The summed E-state index contributed by atoms with van der Waals surface area (Å²) in [6.45, 7) is 12.3. The average molecular weight is 612 g/mol. The maximum atomic E-state index is 16.3. The summed E-state index contributed by atoms with van der Waals surface area (Å²) in [7, 11) is 0. The molecule has 1 N–H and O–H groups in total. The van der Waals surface area contributed by atoms with Crippen molar-refractivity contribution in [2.75, 3.05) is 18.0 Å². The predicted octanol–water partition coefficient (Wildman–Crippen LogP) is 5.02. The lowest BCUT2D eigenvalue weighted by molar-refractivity contribution is -0.128. The lowest BCUT2D eigenvalue weighted by Crippen LogP contribution is -2.58. The van der Waals surface area contributed by atoms with Gasteiger partial charge in [0.15, 0.2) is 5.65 Å². The van der Waals surface area contributed by atoms with Crippen molar-refractivity contribution >= 4 is 22.8 Å². The zero-order valence-electron chi connectivity index (χ0n) is 25.7. The van der Waals surface area contributed by atoms with Gasteiger partial charge in [-0.25, -0.2) is 23.1 Å². The summed E-state index contributed by atoms with van der Waals surface area (Å²) >= 11 is 0. The van der Waals surface area contributed by atoms with Gasteiger partial charge in [0.25, 0.3) is 0 Å². The van der Waals surface area contributed by atoms with E-state index in [1.165, 1.54) is 22.8 Å². The molecule has 9 nitrogen and oxygen atoms in total. The minimum Gasteiger partial charge on any atom is -0.387 e. The molecule has 1 saturated heterocycles. The molecule has 45 heavy (non-hydrogen) atoms. The van der Waals surface area contributed by atoms with Crippen LogP contribution in [0, 0.1) is 11.6 Å². The van der Waals surface area contributed by atoms with Crippen LogP contribution in [0.5, 0.6) is 0 Å². The molecular formula is C34H35F2N7O2. The van der Waals surface area contributed by atoms with Gasteiger partial charge in [0.1, 0.15) is 23.1 Å². The van der Waals surface area contributed by atoms with Gasteiger partial charge in [0, 0.05) is 43.5 Å². The van der Waals surface area contributed by atoms with Crippen molar-refractivity contribution in [2.45, 2.75) is 58.7 Å². The van der Waals surface area contributed by atoms with E-state index in [0.29, 0.717) is 41.8 Å². The van der Waals surface area contributed by atoms with Crippen LogP contribution < -0.4 is 15.9 Å². The maximum Gasteiger partial charge on any atom is 0.355 e. The SMILES string of the molecule is C=CC(=O)N1C[C@H](C)N(c2nc(=O)n3c4nc(c(F)cc24)-c2c(F)cccc2CN/C=C/Cc2ccnc(C(C)C)c2-3)C[C@H]1C. The molecule has 232 valence electrons. The first kappa shape index (κ1) is 30.1. The number of nitrogens with zero attached hydrogens (tertiary/aromatic N) is 6. The van der Waals surface area contributed by atoms with Crippen molar-refractivity contribution in [3.05, 3.63) is 100 Å². The van der Waals surface area contributed by atoms with Gasteiger partial charge >= 0.3 is 5.69 Å². The summed E-state index contributed by atoms with van der Waals surface area (Å²) in [6.07, 6.45) is 7.13. The highest BCUT2D eigenvalue weighted by atomic mass is 19.1. The molecule has 2 aliphatic heterocycles. The first-order valence-electron chi connectivity index (χ1n) is 15.1. The first-order chi connectivity index (χ1) is 21.6. The maximum absolute atomic E-state index is 16.3. The Morgan fingerprint density at radius 3 is 2.64 bits per heavy atom. The third-order valence-electron chi connectivity index (χ3n) is 8.53. The van der Waals surface area contributed by atoms with Gasteiger partial charge in [-0.2, -0.15) is 4.98 Å². The van der Waals surface area contributed by atoms with Gasteiger partial charge in [0.2, 0.25) is 5.91 Å². The summed E-state index contributed by atoms with van der Waals surface area (Å²) in [6, 6.07) is 7.20. The molecule has 1 aromatic carbocycles. The molecule has 4 aromatic rings. The Hall–Kier alpha value is -4.93. The Kier molecular flexibility index (Phi) is 7.94. The fraction of sp³-hybridized carbons (Fsp3) is 0.324. The van der Waals surface area contributed by atoms with Crippen LogP contribution in [0.1, 0.15) is 50.4 Å². The number of halogens is 2. The van der Waals surface area contributed by atoms with Gasteiger partial charge in [-0.1, -0.05) is 38.6 Å². The lowest BCUT2D eigenvalue weighted by atomic mass is 10.0. The second-order valence-corrected chi connectivity index (χ2v) is 11.9. The summed E-state index contributed by atoms with van der Waals surface area (Å²) in [5, 5.41) is 3.47. The molecule has 1 fully saturated rings. The number of nitrogens with one attached hydrogen (secondary N) is 1. The van der Waals surface area contributed by atoms with Crippen molar-refractivity contribution in [3.63, 3.8) is 0 Å². The van der Waals surface area contributed by atoms with E-state index in [1.807, 2.05) is 44.7 Å². The van der Waals surface area contributed by atoms with Gasteiger partial charge in [0.05, 0.1) is 16.8 Å². The number of pyridine rings is 2. The normalized spacial score (nSPS) is 18.8. The molecule has 11 heteroatoms. The molecule has 2 atom stereocenters. The third-order valence-corrected chi connectivity index (χ3v) is 8.53. The monoisotopic (exact) mass is 611 g/mol. The fourth-order valence-corrected chi connectivity index (χ4v) is 6.32. The Labute approximate surface area is 259 Å². The summed E-state index contributed by atoms with van der Waals surface area (Å²) < 4.78 is 33.2. The minimum absolute atomic E-state index is 0.0171. The van der Waals surface area contributed by atoms with Crippen molar-refractivity contribution in [1.29, 1.82) is 0 Å². The Morgan fingerprint density at radius 2 is 1.89 bits per heavy atom. The number of anilines is 1. The highest BCUT2D eigenvalue weighted by Crippen LogP contribution is 2.36. The quantitative estimate of drug-likeness (QED) is 0.325. The van der Waals surface area contributed by atoms with Crippen molar-refractivity contribution in [1.82, 2.24) is 29.7 Å². The van der Waals surface area contributed by atoms with Crippen molar-refractivity contribution in [2.24, 2.45) is 0 Å². The van der Waals surface area contributed by atoms with Crippen molar-refractivity contribution in [3.8, 4) is 16.9 Å². The van der Waals surface area contributed by atoms with Crippen molar-refractivity contribution < 1.29 is 13.6 Å². The topological polar surface area (TPSA) is 96.3 Å². The van der Waals surface area contributed by atoms with Crippen LogP contribution in [-0.2, 0) is 17.8 Å². The van der Waals surface area contributed by atoms with Gasteiger partial charge in [-0.15, -0.1) is 0 Å². The molecule has 2 aliphatic rings. The molecule has 1 amide bonds. The molecule has 3 aromatic heterocycles. The number of hydrogen-bond acceptors (Lipinski definition) is 7. The number of benzene rings is 1. The minimum atomic E-state index is -0.746. The standard InChI is InChI=1S/C34H35F2N7O2/c1-6-27(44)41-17-21(5)42(18-20(41)4)32-24-15-26(36)30-28-23(9-7-11-25(28)35)16-37-13-8-10-22-12-14-38-29(19(2)3)31(22)43(33(24)39-30)34(45)40-32/h6-9,11-15,19-21,37H,1,10,16-18H2,2-5H3/b13-8+/t20-,21+/m1/s1. The van der Waals surface area contributed by atoms with Crippen LogP contribution in [0.25, 0.3) is 28.0 Å². The van der Waals surface area contributed by atoms with E-state index in [-0.39, 0.29) is 53.2 Å². The molecule has 2 bridgehead atoms. The van der Waals surface area contributed by atoms with Crippen LogP contribution in [0.4, 0.5) is 14.6 Å². The molecule has 0 aliphatic carbocycles. The number of fused-ring (bicyclic) bond motifs is 5. The lowest BCUT2D eigenvalue weighted by Gasteiger charge is -2.44. The Balaban J connectivity index is 1.70. The van der Waals surface area contributed by atoms with Crippen LogP contribution in [0.3, 0.4) is 0 Å². The summed E-state index contributed by atoms with van der Waals surface area (Å²) in [5.41, 5.74) is 1.83. The zero-order valence-corrected chi connectivity index (χ0v) is 25.7. The number of amides is 1. The number of allylic oxidation sites excluding steroid dienone is 1. The molecule has 0 radical (unpaired) electrons. The molecule has 0 saturated carbocycles. The van der Waals surface area contributed by atoms with Crippen LogP contribution in [0.2, 0.25) is 0 Å². The van der Waals surface area contributed by atoms with E-state index in [0.717, 1.165) is 5.56 Å². The van der Waals surface area contributed by atoms with E-state index in [1.54, 1.807) is 29.4 Å². The van der Waals surface area contributed by atoms with Crippen LogP contribution in [0.15, 0.2) is 66.3 Å². The Morgan fingerprint density at radius 1 is 1.09 bits per heavy atom. The number of rotatable bonds is 3. The van der Waals surface area contributed by atoms with E-state index >= 15 is 8.78 Å². The molecule has 5 heterocycles. The average Bonchev–Trinajstić information content (AvgIpc) is 3.02. The van der Waals surface area contributed by atoms with E-state index in [9.17, 15) is 9.59 Å². The highest BCUT2D eigenvalue weighted by molar-refractivity contribution is 5.91. The summed E-state index contributed by atoms with van der Waals surface area (Å²) in [4.78, 5) is 44.4. The third kappa shape index (κ3) is 5.26. The van der Waals surface area contributed by atoms with Crippen LogP contribution in [-0.4, -0.2) is 55.5 Å². The highest BCUT2D eigenvalue weighted by Gasteiger charge is 2.34. The molecule has 0 spiro atoms. The number of carbonyl (C=O) groups excluding carboxylic acids is 1. The van der Waals surface area contributed by atoms with E-state index in [2.05, 4.69) is 21.9 Å². The predicted molar refractivity (Wildman–Crippen MR) is 170 cm³/mol. The Bertz CT molecular complexity index is 1920. The largest absolute Gasteiger partial charge is 0.387 e. The van der Waals surface area contributed by atoms with Gasteiger partial charge in [-0.3, -0.25) is 9.78 Å². The van der Waals surface area contributed by atoms with Gasteiger partial charge < -0.3 is 15.1 Å². The van der Waals surface area contributed by atoms with Gasteiger partial charge in [-0.05, 0) is 67.8 Å². The smallest absolute Gasteiger partial charge is 0.355 e.